The van der Waals surface area contributed by atoms with Gasteiger partial charge in [0.05, 0.1) is 19.8 Å². The Kier molecular flexibility index (Phi) is 11.4. The molecule has 9 nitrogen and oxygen atoms in total. The fourth-order valence-electron chi connectivity index (χ4n) is 6.61. The van der Waals surface area contributed by atoms with Crippen molar-refractivity contribution in [1.82, 2.24) is 10.2 Å². The number of pyridine rings is 1. The molecular weight excluding hydrogens is 665 g/mol. The summed E-state index contributed by atoms with van der Waals surface area (Å²) in [5.41, 5.74) is 3.28. The molecule has 0 radical (unpaired) electrons. The molecule has 7 rings (SSSR count). The average molecular weight is 706 g/mol. The number of ether oxygens (including phenoxy) is 4. The van der Waals surface area contributed by atoms with Crippen molar-refractivity contribution < 1.29 is 33.5 Å². The Balaban J connectivity index is 1.19. The number of nitrogens with zero attached hydrogens (tertiary/aromatic N) is 1. The van der Waals surface area contributed by atoms with Gasteiger partial charge >= 0.3 is 11.9 Å². The summed E-state index contributed by atoms with van der Waals surface area (Å²) in [6.07, 6.45) is 4.73. The minimum absolute atomic E-state index is 0.0986. The lowest BCUT2D eigenvalue weighted by molar-refractivity contribution is -0.377. The van der Waals surface area contributed by atoms with Crippen LogP contribution in [-0.2, 0) is 27.2 Å². The zero-order valence-corrected chi connectivity index (χ0v) is 29.0. The van der Waals surface area contributed by atoms with Crippen molar-refractivity contribution in [2.24, 2.45) is 5.92 Å². The molecule has 3 fully saturated rings. The van der Waals surface area contributed by atoms with E-state index in [1.165, 1.54) is 0 Å². The summed E-state index contributed by atoms with van der Waals surface area (Å²) in [6.45, 7) is 3.24. The largest absolute Gasteiger partial charge is 0.493 e. The quantitative estimate of drug-likeness (QED) is 0.159. The summed E-state index contributed by atoms with van der Waals surface area (Å²) in [7, 11) is 3.10. The lowest BCUT2D eigenvalue weighted by Crippen LogP contribution is -2.52. The Bertz CT molecular complexity index is 1750. The van der Waals surface area contributed by atoms with Crippen LogP contribution < -0.4 is 19.8 Å². The van der Waals surface area contributed by atoms with Crippen molar-refractivity contribution in [3.8, 4) is 11.5 Å². The molecule has 3 saturated heterocycles. The number of benzene rings is 3. The minimum Gasteiger partial charge on any atom is -0.493 e. The summed E-state index contributed by atoms with van der Waals surface area (Å²) >= 11 is 13.0. The van der Waals surface area contributed by atoms with E-state index in [2.05, 4.69) is 15.2 Å². The molecule has 1 unspecified atom stereocenters. The molecule has 3 aliphatic rings. The third-order valence-electron chi connectivity index (χ3n) is 9.32. The molecule has 11 heteroatoms. The highest BCUT2D eigenvalue weighted by Gasteiger charge is 2.38. The summed E-state index contributed by atoms with van der Waals surface area (Å²) in [4.78, 5) is 32.6. The topological polar surface area (TPSA) is 100 Å². The Morgan fingerprint density at radius 3 is 2.31 bits per heavy atom. The molecule has 2 bridgehead atoms. The summed E-state index contributed by atoms with van der Waals surface area (Å²) in [6, 6.07) is 21.4. The van der Waals surface area contributed by atoms with E-state index in [0.29, 0.717) is 50.7 Å². The van der Waals surface area contributed by atoms with Gasteiger partial charge in [-0.1, -0.05) is 71.7 Å². The standard InChI is InChI=1S/C38H39Cl2N3O6/c1-46-32-12-11-27(18-34(32)47-2)33(19-29-30(39)21-41-22-31(29)40)48-37(44)28-10-6-7-24(17-28)20-42-36(26-8-4-3-5-9-26)38(45)49-35-23-43-15-13-25(35)14-16-43/h3-12,17-18,21-22,25,33,35-36,42H,13-16,19-20,23H2,1-2H3/p+1/t33-,35-,36?/m0/s1. The molecule has 0 saturated carbocycles. The zero-order valence-electron chi connectivity index (χ0n) is 27.5. The zero-order chi connectivity index (χ0) is 34.3. The number of carbonyl (C=O) groups is 2. The number of rotatable bonds is 13. The number of halogens is 2. The number of esters is 2. The Morgan fingerprint density at radius 1 is 0.898 bits per heavy atom. The maximum Gasteiger partial charge on any atom is 0.338 e. The monoisotopic (exact) mass is 704 g/mol. The van der Waals surface area contributed by atoms with E-state index in [1.54, 1.807) is 56.9 Å². The number of methoxy groups -OCH3 is 2. The van der Waals surface area contributed by atoms with Gasteiger partial charge in [-0.2, -0.15) is 0 Å². The van der Waals surface area contributed by atoms with Crippen molar-refractivity contribution in [2.75, 3.05) is 33.9 Å². The number of nitrogens with one attached hydrogen (secondary N) is 2. The molecule has 4 heterocycles. The van der Waals surface area contributed by atoms with Gasteiger partial charge in [0.25, 0.3) is 0 Å². The van der Waals surface area contributed by atoms with Crippen molar-refractivity contribution in [2.45, 2.75) is 44.1 Å². The minimum atomic E-state index is -0.755. The SMILES string of the molecule is COc1ccc([C@H](Cc2c(Cl)c[nH+]cc2Cl)OC(=O)c2cccc(CNC(C(=O)O[C@H]3CN4CCC3CC4)c3ccccc3)c2)cc1OC. The molecule has 0 spiro atoms. The predicted octanol–water partition coefficient (Wildman–Crippen LogP) is 6.43. The van der Waals surface area contributed by atoms with Crippen LogP contribution in [0, 0.1) is 5.92 Å². The normalized spacial score (nSPS) is 19.5. The highest BCUT2D eigenvalue weighted by Crippen LogP contribution is 2.36. The van der Waals surface area contributed by atoms with Crippen molar-refractivity contribution in [3.05, 3.63) is 123 Å². The van der Waals surface area contributed by atoms with Gasteiger partial charge in [-0.25, -0.2) is 14.6 Å². The van der Waals surface area contributed by atoms with Crippen LogP contribution in [0.2, 0.25) is 10.0 Å². The summed E-state index contributed by atoms with van der Waals surface area (Å²) in [5, 5.41) is 4.23. The maximum absolute atomic E-state index is 13.7. The van der Waals surface area contributed by atoms with Crippen LogP contribution in [0.5, 0.6) is 11.5 Å². The molecule has 256 valence electrons. The summed E-state index contributed by atoms with van der Waals surface area (Å²) < 4.78 is 23.2. The summed E-state index contributed by atoms with van der Waals surface area (Å²) in [5.74, 6) is 0.617. The van der Waals surface area contributed by atoms with E-state index in [9.17, 15) is 9.59 Å². The molecule has 2 N–H and O–H groups in total. The predicted molar refractivity (Wildman–Crippen MR) is 186 cm³/mol. The van der Waals surface area contributed by atoms with Crippen LogP contribution in [0.25, 0.3) is 0 Å². The highest BCUT2D eigenvalue weighted by atomic mass is 35.5. The fourth-order valence-corrected chi connectivity index (χ4v) is 7.14. The first-order valence-corrected chi connectivity index (χ1v) is 17.2. The van der Waals surface area contributed by atoms with Gasteiger partial charge in [0, 0.05) is 25.1 Å². The van der Waals surface area contributed by atoms with E-state index in [-0.39, 0.29) is 18.5 Å². The van der Waals surface area contributed by atoms with E-state index in [4.69, 9.17) is 42.1 Å². The second kappa shape index (κ2) is 16.0. The van der Waals surface area contributed by atoms with Crippen LogP contribution in [-0.4, -0.2) is 56.8 Å². The van der Waals surface area contributed by atoms with Crippen LogP contribution in [0.4, 0.5) is 0 Å². The Labute approximate surface area is 296 Å². The van der Waals surface area contributed by atoms with Crippen LogP contribution in [0.3, 0.4) is 0 Å². The third kappa shape index (κ3) is 8.36. The second-order valence-electron chi connectivity index (χ2n) is 12.4. The number of aromatic amines is 1. The number of carbonyl (C=O) groups excluding carboxylic acids is 2. The molecule has 3 aromatic carbocycles. The number of hydrogen-bond acceptors (Lipinski definition) is 8. The fraction of sp³-hybridized carbons (Fsp3) is 0.342. The number of aromatic nitrogens is 1. The maximum atomic E-state index is 13.7. The molecular formula is C38H40Cl2N3O6+. The number of piperidine rings is 3. The molecule has 0 aliphatic carbocycles. The average Bonchev–Trinajstić information content (AvgIpc) is 3.13. The molecule has 0 amide bonds. The van der Waals surface area contributed by atoms with E-state index in [1.807, 2.05) is 42.5 Å². The molecule has 3 aliphatic heterocycles. The van der Waals surface area contributed by atoms with E-state index >= 15 is 0 Å². The van der Waals surface area contributed by atoms with Crippen molar-refractivity contribution in [3.63, 3.8) is 0 Å². The number of fused-ring (bicyclic) bond motifs is 3. The smallest absolute Gasteiger partial charge is 0.338 e. The van der Waals surface area contributed by atoms with Gasteiger partial charge in [0.15, 0.2) is 23.9 Å². The van der Waals surface area contributed by atoms with Crippen LogP contribution in [0.1, 0.15) is 57.6 Å². The van der Waals surface area contributed by atoms with Gasteiger partial charge in [-0.05, 0) is 72.8 Å². The van der Waals surface area contributed by atoms with E-state index < -0.39 is 18.1 Å². The molecule has 1 aromatic heterocycles. The lowest BCUT2D eigenvalue weighted by atomic mass is 9.86. The van der Waals surface area contributed by atoms with Gasteiger partial charge in [0.1, 0.15) is 28.3 Å². The molecule has 4 aromatic rings. The van der Waals surface area contributed by atoms with Crippen LogP contribution >= 0.6 is 23.2 Å². The molecule has 49 heavy (non-hydrogen) atoms. The van der Waals surface area contributed by atoms with E-state index in [0.717, 1.165) is 43.6 Å². The highest BCUT2D eigenvalue weighted by molar-refractivity contribution is 6.35. The van der Waals surface area contributed by atoms with Crippen LogP contribution in [0.15, 0.2) is 85.2 Å². The first kappa shape index (κ1) is 34.7. The first-order valence-electron chi connectivity index (χ1n) is 16.4. The van der Waals surface area contributed by atoms with Crippen molar-refractivity contribution >= 4 is 35.1 Å². The second-order valence-corrected chi connectivity index (χ2v) is 13.2. The van der Waals surface area contributed by atoms with Gasteiger partial charge in [-0.15, -0.1) is 0 Å². The first-order chi connectivity index (χ1) is 23.8. The number of hydrogen-bond donors (Lipinski definition) is 1. The Hall–Kier alpha value is -4.15. The lowest BCUT2D eigenvalue weighted by Gasteiger charge is -2.44. The molecule has 3 atom stereocenters. The van der Waals surface area contributed by atoms with Gasteiger partial charge < -0.3 is 18.9 Å². The van der Waals surface area contributed by atoms with Gasteiger partial charge in [-0.3, -0.25) is 10.2 Å². The van der Waals surface area contributed by atoms with Crippen molar-refractivity contribution in [1.29, 1.82) is 0 Å². The third-order valence-corrected chi connectivity index (χ3v) is 9.99. The Morgan fingerprint density at radius 2 is 1.63 bits per heavy atom. The van der Waals surface area contributed by atoms with Gasteiger partial charge in [0.2, 0.25) is 0 Å². The number of H-pyrrole nitrogens is 1.